The summed E-state index contributed by atoms with van der Waals surface area (Å²) in [5.74, 6) is -1.14. The van der Waals surface area contributed by atoms with Crippen LogP contribution in [0, 0.1) is 0 Å². The third kappa shape index (κ3) is 2.94. The lowest BCUT2D eigenvalue weighted by molar-refractivity contribution is -0.143. The fraction of sp³-hybridized carbons (Fsp3) is 0.643. The molecule has 3 heterocycles. The average molecular weight is 310 g/mol. The number of thiazole rings is 1. The molecule has 7 heteroatoms. The first-order valence-electron chi connectivity index (χ1n) is 7.28. The third-order valence-corrected chi connectivity index (χ3v) is 5.07. The molecule has 1 N–H and O–H groups in total. The summed E-state index contributed by atoms with van der Waals surface area (Å²) < 4.78 is 5.57. The normalized spacial score (nSPS) is 26.0. The first kappa shape index (κ1) is 14.5. The monoisotopic (exact) mass is 310 g/mol. The molecule has 0 aliphatic carbocycles. The molecule has 0 bridgehead atoms. The van der Waals surface area contributed by atoms with E-state index in [4.69, 9.17) is 4.74 Å². The van der Waals surface area contributed by atoms with E-state index in [0.717, 1.165) is 37.3 Å². The Morgan fingerprint density at radius 3 is 2.90 bits per heavy atom. The van der Waals surface area contributed by atoms with E-state index in [0.29, 0.717) is 17.8 Å². The summed E-state index contributed by atoms with van der Waals surface area (Å²) in [5.41, 5.74) is 0. The zero-order valence-electron chi connectivity index (χ0n) is 11.7. The smallest absolute Gasteiger partial charge is 0.326 e. The van der Waals surface area contributed by atoms with Crippen molar-refractivity contribution in [2.75, 3.05) is 13.2 Å². The molecule has 6 nitrogen and oxygen atoms in total. The molecular weight excluding hydrogens is 292 g/mol. The van der Waals surface area contributed by atoms with E-state index in [1.165, 1.54) is 16.2 Å². The van der Waals surface area contributed by atoms with Gasteiger partial charge in [-0.2, -0.15) is 0 Å². The van der Waals surface area contributed by atoms with E-state index >= 15 is 0 Å². The van der Waals surface area contributed by atoms with Crippen LogP contribution in [0.3, 0.4) is 0 Å². The van der Waals surface area contributed by atoms with Gasteiger partial charge in [-0.25, -0.2) is 9.78 Å². The highest BCUT2D eigenvalue weighted by atomic mass is 32.1. The number of carboxylic acid groups (broad SMARTS) is 1. The Hall–Kier alpha value is -1.47. The van der Waals surface area contributed by atoms with Crippen molar-refractivity contribution in [3.63, 3.8) is 0 Å². The molecular formula is C14H18N2O4S. The lowest BCUT2D eigenvalue weighted by Gasteiger charge is -2.32. The van der Waals surface area contributed by atoms with Crippen LogP contribution in [0.2, 0.25) is 0 Å². The van der Waals surface area contributed by atoms with Crippen molar-refractivity contribution >= 4 is 23.2 Å². The first-order chi connectivity index (χ1) is 10.2. The Balaban J connectivity index is 1.76. The van der Waals surface area contributed by atoms with Crippen LogP contribution in [-0.4, -0.2) is 46.1 Å². The number of carboxylic acids is 1. The van der Waals surface area contributed by atoms with E-state index in [1.54, 1.807) is 6.20 Å². The van der Waals surface area contributed by atoms with Crippen molar-refractivity contribution < 1.29 is 19.4 Å². The molecule has 0 spiro atoms. The second-order valence-electron chi connectivity index (χ2n) is 5.41. The van der Waals surface area contributed by atoms with Crippen LogP contribution in [0.5, 0.6) is 0 Å². The SMILES string of the molecule is O=C(O)C1CCCCN1C(=O)c1cnc(C2CCCO2)s1. The zero-order chi connectivity index (χ0) is 14.8. The highest BCUT2D eigenvalue weighted by molar-refractivity contribution is 7.13. The summed E-state index contributed by atoms with van der Waals surface area (Å²) in [4.78, 5) is 30.1. The van der Waals surface area contributed by atoms with Crippen LogP contribution < -0.4 is 0 Å². The van der Waals surface area contributed by atoms with Gasteiger partial charge in [0.2, 0.25) is 0 Å². The molecule has 0 aromatic carbocycles. The van der Waals surface area contributed by atoms with Gasteiger partial charge in [-0.1, -0.05) is 0 Å². The molecule has 1 amide bonds. The molecule has 2 unspecified atom stereocenters. The standard InChI is InChI=1S/C14H18N2O4S/c17-13(16-6-2-1-4-9(16)14(18)19)11-8-15-12(21-11)10-5-3-7-20-10/h8-10H,1-7H2,(H,18,19). The van der Waals surface area contributed by atoms with Crippen LogP contribution >= 0.6 is 11.3 Å². The highest BCUT2D eigenvalue weighted by Crippen LogP contribution is 2.32. The maximum Gasteiger partial charge on any atom is 0.326 e. The number of aromatic nitrogens is 1. The number of ether oxygens (including phenoxy) is 1. The number of hydrogen-bond acceptors (Lipinski definition) is 5. The van der Waals surface area contributed by atoms with Crippen LogP contribution in [0.25, 0.3) is 0 Å². The molecule has 2 fully saturated rings. The Bertz CT molecular complexity index is 539. The van der Waals surface area contributed by atoms with E-state index in [-0.39, 0.29) is 12.0 Å². The summed E-state index contributed by atoms with van der Waals surface area (Å²) in [7, 11) is 0. The van der Waals surface area contributed by atoms with Gasteiger partial charge < -0.3 is 14.7 Å². The Kier molecular flexibility index (Phi) is 4.21. The van der Waals surface area contributed by atoms with Gasteiger partial charge in [-0.05, 0) is 32.1 Å². The van der Waals surface area contributed by atoms with Gasteiger partial charge >= 0.3 is 5.97 Å². The molecule has 0 radical (unpaired) electrons. The summed E-state index contributed by atoms with van der Waals surface area (Å²) in [5, 5.41) is 10.1. The van der Waals surface area contributed by atoms with Crippen LogP contribution in [0.1, 0.15) is 52.9 Å². The van der Waals surface area contributed by atoms with Gasteiger partial charge in [-0.3, -0.25) is 4.79 Å². The largest absolute Gasteiger partial charge is 0.480 e. The van der Waals surface area contributed by atoms with E-state index in [9.17, 15) is 14.7 Å². The number of piperidine rings is 1. The number of carbonyl (C=O) groups excluding carboxylic acids is 1. The number of hydrogen-bond donors (Lipinski definition) is 1. The topological polar surface area (TPSA) is 79.7 Å². The number of nitrogens with zero attached hydrogens (tertiary/aromatic N) is 2. The van der Waals surface area contributed by atoms with E-state index in [1.807, 2.05) is 0 Å². The summed E-state index contributed by atoms with van der Waals surface area (Å²) >= 11 is 1.33. The van der Waals surface area contributed by atoms with Gasteiger partial charge in [0, 0.05) is 13.2 Å². The van der Waals surface area contributed by atoms with Gasteiger partial charge in [0.05, 0.1) is 6.20 Å². The minimum atomic E-state index is -0.924. The van der Waals surface area contributed by atoms with E-state index in [2.05, 4.69) is 4.98 Å². The van der Waals surface area contributed by atoms with E-state index < -0.39 is 12.0 Å². The zero-order valence-corrected chi connectivity index (χ0v) is 12.5. The maximum absolute atomic E-state index is 12.5. The lowest BCUT2D eigenvalue weighted by Crippen LogP contribution is -2.47. The van der Waals surface area contributed by atoms with Crippen molar-refractivity contribution in [1.29, 1.82) is 0 Å². The Morgan fingerprint density at radius 2 is 2.19 bits per heavy atom. The fourth-order valence-electron chi connectivity index (χ4n) is 2.88. The quantitative estimate of drug-likeness (QED) is 0.924. The van der Waals surface area contributed by atoms with Crippen LogP contribution in [-0.2, 0) is 9.53 Å². The molecule has 1 aromatic heterocycles. The van der Waals surface area contributed by atoms with Crippen LogP contribution in [0.4, 0.5) is 0 Å². The molecule has 3 rings (SSSR count). The second kappa shape index (κ2) is 6.11. The molecule has 2 saturated heterocycles. The minimum Gasteiger partial charge on any atom is -0.480 e. The molecule has 21 heavy (non-hydrogen) atoms. The molecule has 2 aliphatic heterocycles. The number of carbonyl (C=O) groups is 2. The summed E-state index contributed by atoms with van der Waals surface area (Å²) in [6.07, 6.45) is 5.73. The number of rotatable bonds is 3. The average Bonchev–Trinajstić information content (AvgIpc) is 3.17. The number of amides is 1. The first-order valence-corrected chi connectivity index (χ1v) is 8.09. The molecule has 2 aliphatic rings. The lowest BCUT2D eigenvalue weighted by atomic mass is 10.0. The van der Waals surface area contributed by atoms with Gasteiger partial charge in [0.25, 0.3) is 5.91 Å². The minimum absolute atomic E-state index is 0.00632. The van der Waals surface area contributed by atoms with Gasteiger partial charge in [0.1, 0.15) is 22.0 Å². The van der Waals surface area contributed by atoms with Crippen LogP contribution in [0.15, 0.2) is 6.20 Å². The third-order valence-electron chi connectivity index (χ3n) is 3.99. The Labute approximate surface area is 126 Å². The molecule has 114 valence electrons. The van der Waals surface area contributed by atoms with Crippen molar-refractivity contribution in [2.45, 2.75) is 44.2 Å². The van der Waals surface area contributed by atoms with Gasteiger partial charge in [-0.15, -0.1) is 11.3 Å². The molecule has 1 aromatic rings. The summed E-state index contributed by atoms with van der Waals surface area (Å²) in [6, 6.07) is -0.709. The Morgan fingerprint density at radius 1 is 1.33 bits per heavy atom. The van der Waals surface area contributed by atoms with Crippen molar-refractivity contribution in [3.05, 3.63) is 16.1 Å². The summed E-state index contributed by atoms with van der Waals surface area (Å²) in [6.45, 7) is 1.24. The molecule has 0 saturated carbocycles. The molecule has 2 atom stereocenters. The van der Waals surface area contributed by atoms with Crippen molar-refractivity contribution in [1.82, 2.24) is 9.88 Å². The predicted octanol–water partition coefficient (Wildman–Crippen LogP) is 2.07. The fourth-order valence-corrected chi connectivity index (χ4v) is 3.84. The number of aliphatic carboxylic acids is 1. The van der Waals surface area contributed by atoms with Gasteiger partial charge in [0.15, 0.2) is 0 Å². The van der Waals surface area contributed by atoms with Crippen molar-refractivity contribution in [3.8, 4) is 0 Å². The predicted molar refractivity (Wildman–Crippen MR) is 76.4 cm³/mol. The second-order valence-corrected chi connectivity index (χ2v) is 6.48. The van der Waals surface area contributed by atoms with Crippen molar-refractivity contribution in [2.24, 2.45) is 0 Å². The maximum atomic E-state index is 12.5. The highest BCUT2D eigenvalue weighted by Gasteiger charge is 2.33. The number of likely N-dealkylation sites (tertiary alicyclic amines) is 1.